The van der Waals surface area contributed by atoms with Crippen LogP contribution in [0.15, 0.2) is 58.9 Å². The molecule has 3 nitrogen and oxygen atoms in total. The fourth-order valence-corrected chi connectivity index (χ4v) is 3.19. The van der Waals surface area contributed by atoms with Crippen molar-refractivity contribution in [3.05, 3.63) is 80.1 Å². The lowest BCUT2D eigenvalue weighted by atomic mass is 10.2. The summed E-state index contributed by atoms with van der Waals surface area (Å²) in [7, 11) is 0. The first kappa shape index (κ1) is 18.0. The molecule has 0 bridgehead atoms. The Morgan fingerprint density at radius 3 is 2.48 bits per heavy atom. The van der Waals surface area contributed by atoms with Crippen LogP contribution in [0.25, 0.3) is 0 Å². The predicted molar refractivity (Wildman–Crippen MR) is 107 cm³/mol. The van der Waals surface area contributed by atoms with Crippen molar-refractivity contribution in [2.75, 3.05) is 5.32 Å². The van der Waals surface area contributed by atoms with Crippen LogP contribution in [-0.2, 0) is 0 Å². The number of aliphatic imine (C=N–C) groups is 1. The highest BCUT2D eigenvalue weighted by Crippen LogP contribution is 2.29. The highest BCUT2D eigenvalue weighted by atomic mass is 35.5. The first-order valence-corrected chi connectivity index (χ1v) is 9.18. The number of nitrogens with one attached hydrogen (secondary N) is 1. The number of halogens is 3. The van der Waals surface area contributed by atoms with Crippen molar-refractivity contribution in [1.82, 2.24) is 0 Å². The van der Waals surface area contributed by atoms with Crippen molar-refractivity contribution in [3.63, 3.8) is 0 Å². The third-order valence-corrected chi connectivity index (χ3v) is 5.08. The normalized spacial score (nSPS) is 11.0. The molecule has 0 aliphatic carbocycles. The Kier molecular flexibility index (Phi) is 5.76. The van der Waals surface area contributed by atoms with Gasteiger partial charge in [0.1, 0.15) is 5.00 Å². The maximum atomic E-state index is 12.5. The summed E-state index contributed by atoms with van der Waals surface area (Å²) in [5, 5.41) is 6.70. The van der Waals surface area contributed by atoms with Gasteiger partial charge < -0.3 is 5.32 Å². The standard InChI is InChI=1S/C18H11Cl3N2OS/c19-12-3-1-11(2-4-12)10-22-18-14(7-8-25-18)17(24)23-13-5-6-15(20)16(21)9-13/h1-10H,(H,23,24)/b22-10+. The van der Waals surface area contributed by atoms with E-state index in [9.17, 15) is 4.79 Å². The third-order valence-electron chi connectivity index (χ3n) is 3.27. The van der Waals surface area contributed by atoms with Crippen LogP contribution in [0.2, 0.25) is 15.1 Å². The highest BCUT2D eigenvalue weighted by molar-refractivity contribution is 7.14. The molecule has 0 aliphatic heterocycles. The zero-order chi connectivity index (χ0) is 17.8. The van der Waals surface area contributed by atoms with Gasteiger partial charge >= 0.3 is 0 Å². The maximum absolute atomic E-state index is 12.5. The third kappa shape index (κ3) is 4.61. The lowest BCUT2D eigenvalue weighted by molar-refractivity contribution is 0.102. The van der Waals surface area contributed by atoms with Gasteiger partial charge in [0.25, 0.3) is 5.91 Å². The predicted octanol–water partition coefficient (Wildman–Crippen LogP) is 6.71. The highest BCUT2D eigenvalue weighted by Gasteiger charge is 2.13. The first-order chi connectivity index (χ1) is 12.0. The largest absolute Gasteiger partial charge is 0.322 e. The van der Waals surface area contributed by atoms with Gasteiger partial charge in [0.15, 0.2) is 0 Å². The van der Waals surface area contributed by atoms with E-state index in [2.05, 4.69) is 10.3 Å². The number of hydrogen-bond donors (Lipinski definition) is 1. The van der Waals surface area contributed by atoms with Gasteiger partial charge in [-0.2, -0.15) is 0 Å². The number of carbonyl (C=O) groups is 1. The summed E-state index contributed by atoms with van der Waals surface area (Å²) in [5.41, 5.74) is 1.95. The number of carbonyl (C=O) groups excluding carboxylic acids is 1. The molecule has 7 heteroatoms. The van der Waals surface area contributed by atoms with Gasteiger partial charge in [0.05, 0.1) is 15.6 Å². The molecule has 0 radical (unpaired) electrons. The number of hydrogen-bond acceptors (Lipinski definition) is 3. The molecular weight excluding hydrogens is 399 g/mol. The van der Waals surface area contributed by atoms with E-state index in [4.69, 9.17) is 34.8 Å². The number of nitrogens with zero attached hydrogens (tertiary/aromatic N) is 1. The molecule has 3 aromatic rings. The maximum Gasteiger partial charge on any atom is 0.258 e. The molecule has 0 saturated carbocycles. The minimum atomic E-state index is -0.261. The van der Waals surface area contributed by atoms with Gasteiger partial charge in [-0.05, 0) is 47.3 Å². The van der Waals surface area contributed by atoms with Crippen molar-refractivity contribution < 1.29 is 4.79 Å². The summed E-state index contributed by atoms with van der Waals surface area (Å²) in [4.78, 5) is 16.9. The molecule has 1 heterocycles. The number of amides is 1. The summed E-state index contributed by atoms with van der Waals surface area (Å²) in [6.45, 7) is 0. The van der Waals surface area contributed by atoms with Crippen LogP contribution in [0.4, 0.5) is 10.7 Å². The second kappa shape index (κ2) is 8.02. The molecule has 0 fully saturated rings. The average molecular weight is 410 g/mol. The van der Waals surface area contributed by atoms with Crippen LogP contribution in [0.5, 0.6) is 0 Å². The van der Waals surface area contributed by atoms with Crippen LogP contribution < -0.4 is 5.32 Å². The van der Waals surface area contributed by atoms with Gasteiger partial charge in [-0.3, -0.25) is 4.79 Å². The van der Waals surface area contributed by atoms with Crippen molar-refractivity contribution in [3.8, 4) is 0 Å². The minimum absolute atomic E-state index is 0.261. The molecule has 0 atom stereocenters. The zero-order valence-electron chi connectivity index (χ0n) is 12.7. The molecule has 0 unspecified atom stereocenters. The van der Waals surface area contributed by atoms with Crippen LogP contribution in [0, 0.1) is 0 Å². The summed E-state index contributed by atoms with van der Waals surface area (Å²) < 4.78 is 0. The Hall–Kier alpha value is -1.85. The molecule has 0 saturated heterocycles. The monoisotopic (exact) mass is 408 g/mol. The van der Waals surface area contributed by atoms with Crippen molar-refractivity contribution in [2.24, 2.45) is 4.99 Å². The minimum Gasteiger partial charge on any atom is -0.322 e. The molecule has 1 amide bonds. The fourth-order valence-electron chi connectivity index (χ4n) is 2.03. The van der Waals surface area contributed by atoms with E-state index in [1.165, 1.54) is 11.3 Å². The molecular formula is C18H11Cl3N2OS. The second-order valence-corrected chi connectivity index (χ2v) is 7.18. The Morgan fingerprint density at radius 2 is 1.76 bits per heavy atom. The lowest BCUT2D eigenvalue weighted by Crippen LogP contribution is -2.11. The van der Waals surface area contributed by atoms with Crippen molar-refractivity contribution in [1.29, 1.82) is 0 Å². The molecule has 0 aliphatic rings. The van der Waals surface area contributed by atoms with Gasteiger partial charge in [0.2, 0.25) is 0 Å². The average Bonchev–Trinajstić information content (AvgIpc) is 3.06. The number of anilines is 1. The Balaban J connectivity index is 1.77. The Bertz CT molecular complexity index is 936. The van der Waals surface area contributed by atoms with Gasteiger partial charge in [-0.15, -0.1) is 11.3 Å². The topological polar surface area (TPSA) is 41.5 Å². The Morgan fingerprint density at radius 1 is 1.00 bits per heavy atom. The Labute approximate surface area is 163 Å². The van der Waals surface area contributed by atoms with Crippen molar-refractivity contribution >= 4 is 68.9 Å². The summed E-state index contributed by atoms with van der Waals surface area (Å²) in [5.74, 6) is -0.261. The van der Waals surface area contributed by atoms with Crippen LogP contribution >= 0.6 is 46.1 Å². The SMILES string of the molecule is O=C(Nc1ccc(Cl)c(Cl)c1)c1ccsc1/N=C/c1ccc(Cl)cc1. The smallest absolute Gasteiger partial charge is 0.258 e. The molecule has 0 spiro atoms. The zero-order valence-corrected chi connectivity index (χ0v) is 15.8. The van der Waals surface area contributed by atoms with Gasteiger partial charge in [0, 0.05) is 16.9 Å². The lowest BCUT2D eigenvalue weighted by Gasteiger charge is -2.06. The molecule has 126 valence electrons. The van der Waals surface area contributed by atoms with E-state index < -0.39 is 0 Å². The van der Waals surface area contributed by atoms with Gasteiger partial charge in [-0.25, -0.2) is 4.99 Å². The van der Waals surface area contributed by atoms with E-state index in [0.717, 1.165) is 5.56 Å². The van der Waals surface area contributed by atoms with Crippen LogP contribution in [0.3, 0.4) is 0 Å². The summed E-state index contributed by atoms with van der Waals surface area (Å²) >= 11 is 19.1. The molecule has 1 N–H and O–H groups in total. The number of thiophene rings is 1. The van der Waals surface area contributed by atoms with Gasteiger partial charge in [-0.1, -0.05) is 46.9 Å². The quantitative estimate of drug-likeness (QED) is 0.478. The number of benzene rings is 2. The van der Waals surface area contributed by atoms with E-state index in [0.29, 0.717) is 31.3 Å². The first-order valence-electron chi connectivity index (χ1n) is 7.16. The number of rotatable bonds is 4. The summed E-state index contributed by atoms with van der Waals surface area (Å²) in [6, 6.07) is 13.9. The molecule has 25 heavy (non-hydrogen) atoms. The van der Waals surface area contributed by atoms with Crippen LogP contribution in [0.1, 0.15) is 15.9 Å². The van der Waals surface area contributed by atoms with E-state index in [-0.39, 0.29) is 5.91 Å². The fraction of sp³-hybridized carbons (Fsp3) is 0. The van der Waals surface area contributed by atoms with E-state index in [1.807, 2.05) is 17.5 Å². The van der Waals surface area contributed by atoms with E-state index >= 15 is 0 Å². The second-order valence-electron chi connectivity index (χ2n) is 5.03. The summed E-state index contributed by atoms with van der Waals surface area (Å²) in [6.07, 6.45) is 1.69. The molecule has 1 aromatic heterocycles. The molecule has 3 rings (SSSR count). The van der Waals surface area contributed by atoms with E-state index in [1.54, 1.807) is 42.6 Å². The van der Waals surface area contributed by atoms with Crippen LogP contribution in [-0.4, -0.2) is 12.1 Å². The van der Waals surface area contributed by atoms with Crippen molar-refractivity contribution in [2.45, 2.75) is 0 Å². The molecule has 2 aromatic carbocycles.